The molecule has 2 N–H and O–H groups in total. The molecule has 0 radical (unpaired) electrons. The monoisotopic (exact) mass is 348 g/mol. The Bertz CT molecular complexity index is 801. The predicted molar refractivity (Wildman–Crippen MR) is 105 cm³/mol. The lowest BCUT2D eigenvalue weighted by molar-refractivity contribution is -0.135. The van der Waals surface area contributed by atoms with Crippen LogP contribution in [0.5, 0.6) is 0 Å². The second-order valence-electron chi connectivity index (χ2n) is 7.87. The van der Waals surface area contributed by atoms with E-state index < -0.39 is 0 Å². The minimum atomic E-state index is -0.243. The molecule has 1 aliphatic heterocycles. The van der Waals surface area contributed by atoms with Crippen molar-refractivity contribution in [3.8, 4) is 0 Å². The number of nitrogens with zero attached hydrogens (tertiary/aromatic N) is 1. The van der Waals surface area contributed by atoms with E-state index in [-0.39, 0.29) is 5.41 Å². The van der Waals surface area contributed by atoms with Gasteiger partial charge in [0.2, 0.25) is 5.91 Å². The summed E-state index contributed by atoms with van der Waals surface area (Å²) in [7, 11) is 0. The van der Waals surface area contributed by atoms with Crippen LogP contribution in [0.15, 0.2) is 48.5 Å². The summed E-state index contributed by atoms with van der Waals surface area (Å²) in [4.78, 5) is 15.4. The summed E-state index contributed by atoms with van der Waals surface area (Å²) in [5.41, 5.74) is 10.8. The van der Waals surface area contributed by atoms with E-state index in [0.717, 1.165) is 38.8 Å². The highest BCUT2D eigenvalue weighted by molar-refractivity contribution is 5.91. The third-order valence-corrected chi connectivity index (χ3v) is 6.32. The van der Waals surface area contributed by atoms with Gasteiger partial charge in [-0.2, -0.15) is 0 Å². The van der Waals surface area contributed by atoms with Crippen LogP contribution >= 0.6 is 0 Å². The molecule has 2 aromatic carbocycles. The molecule has 0 unspecified atom stereocenters. The maximum absolute atomic E-state index is 13.3. The highest BCUT2D eigenvalue weighted by atomic mass is 16.2. The van der Waals surface area contributed by atoms with Gasteiger partial charge in [-0.15, -0.1) is 0 Å². The SMILES string of the molecule is Cc1ccccc1C1(C(=O)N2CCC(c3ccccc3CN)CC2)CC1. The molecule has 1 amide bonds. The fourth-order valence-corrected chi connectivity index (χ4v) is 4.65. The highest BCUT2D eigenvalue weighted by Crippen LogP contribution is 2.51. The normalized spacial score (nSPS) is 19.4. The van der Waals surface area contributed by atoms with E-state index in [1.807, 2.05) is 0 Å². The van der Waals surface area contributed by atoms with Crippen LogP contribution in [0.25, 0.3) is 0 Å². The van der Waals surface area contributed by atoms with E-state index >= 15 is 0 Å². The zero-order chi connectivity index (χ0) is 18.1. The van der Waals surface area contributed by atoms with Crippen molar-refractivity contribution in [2.45, 2.75) is 50.5 Å². The lowest BCUT2D eigenvalue weighted by atomic mass is 9.85. The molecule has 1 aliphatic carbocycles. The zero-order valence-electron chi connectivity index (χ0n) is 15.6. The molecular weight excluding hydrogens is 320 g/mol. The van der Waals surface area contributed by atoms with Crippen LogP contribution in [-0.4, -0.2) is 23.9 Å². The maximum atomic E-state index is 13.3. The molecule has 1 saturated carbocycles. The molecule has 4 rings (SSSR count). The van der Waals surface area contributed by atoms with E-state index in [0.29, 0.717) is 18.4 Å². The molecule has 0 atom stereocenters. The van der Waals surface area contributed by atoms with Gasteiger partial charge in [-0.05, 0) is 60.8 Å². The smallest absolute Gasteiger partial charge is 0.233 e. The average Bonchev–Trinajstić information content (AvgIpc) is 3.49. The Balaban J connectivity index is 1.47. The molecule has 0 bridgehead atoms. The van der Waals surface area contributed by atoms with Gasteiger partial charge in [-0.1, -0.05) is 48.5 Å². The molecule has 2 fully saturated rings. The van der Waals surface area contributed by atoms with Crippen LogP contribution in [0.1, 0.15) is 53.9 Å². The summed E-state index contributed by atoms with van der Waals surface area (Å²) in [6.45, 7) is 4.43. The number of piperidine rings is 1. The van der Waals surface area contributed by atoms with Gasteiger partial charge >= 0.3 is 0 Å². The lowest BCUT2D eigenvalue weighted by Crippen LogP contribution is -2.44. The number of carbonyl (C=O) groups is 1. The Morgan fingerprint density at radius 2 is 1.73 bits per heavy atom. The van der Waals surface area contributed by atoms with Crippen molar-refractivity contribution in [1.82, 2.24) is 4.90 Å². The molecule has 1 saturated heterocycles. The lowest BCUT2D eigenvalue weighted by Gasteiger charge is -2.35. The second kappa shape index (κ2) is 6.88. The Morgan fingerprint density at radius 1 is 1.08 bits per heavy atom. The van der Waals surface area contributed by atoms with Crippen molar-refractivity contribution in [2.75, 3.05) is 13.1 Å². The number of benzene rings is 2. The van der Waals surface area contributed by atoms with Crippen LogP contribution in [-0.2, 0) is 16.8 Å². The van der Waals surface area contributed by atoms with Crippen LogP contribution in [0.3, 0.4) is 0 Å². The molecule has 136 valence electrons. The first-order valence-corrected chi connectivity index (χ1v) is 9.79. The quantitative estimate of drug-likeness (QED) is 0.911. The van der Waals surface area contributed by atoms with Gasteiger partial charge < -0.3 is 10.6 Å². The maximum Gasteiger partial charge on any atom is 0.233 e. The Kier molecular flexibility index (Phi) is 4.58. The summed E-state index contributed by atoms with van der Waals surface area (Å²) in [6.07, 6.45) is 4.05. The molecule has 26 heavy (non-hydrogen) atoms. The molecule has 0 aromatic heterocycles. The van der Waals surface area contributed by atoms with E-state index in [1.165, 1.54) is 22.3 Å². The van der Waals surface area contributed by atoms with Gasteiger partial charge in [-0.25, -0.2) is 0 Å². The first-order chi connectivity index (χ1) is 12.7. The number of amides is 1. The van der Waals surface area contributed by atoms with Crippen molar-refractivity contribution < 1.29 is 4.79 Å². The van der Waals surface area contributed by atoms with Gasteiger partial charge in [0.15, 0.2) is 0 Å². The second-order valence-corrected chi connectivity index (χ2v) is 7.87. The fraction of sp³-hybridized carbons (Fsp3) is 0.435. The first kappa shape index (κ1) is 17.3. The number of hydrogen-bond donors (Lipinski definition) is 1. The number of hydrogen-bond acceptors (Lipinski definition) is 2. The number of aryl methyl sites for hydroxylation is 1. The van der Waals surface area contributed by atoms with Crippen LogP contribution in [0.4, 0.5) is 0 Å². The van der Waals surface area contributed by atoms with Gasteiger partial charge in [0, 0.05) is 19.6 Å². The summed E-state index contributed by atoms with van der Waals surface area (Å²) in [5.74, 6) is 0.866. The van der Waals surface area contributed by atoms with Crippen molar-refractivity contribution in [3.63, 3.8) is 0 Å². The summed E-state index contributed by atoms with van der Waals surface area (Å²) >= 11 is 0. The summed E-state index contributed by atoms with van der Waals surface area (Å²) in [5, 5.41) is 0. The van der Waals surface area contributed by atoms with E-state index in [1.54, 1.807) is 0 Å². The van der Waals surface area contributed by atoms with Gasteiger partial charge in [0.1, 0.15) is 0 Å². The molecular formula is C23H28N2O. The number of carbonyl (C=O) groups excluding carboxylic acids is 1. The molecule has 3 heteroatoms. The number of likely N-dealkylation sites (tertiary alicyclic amines) is 1. The number of rotatable bonds is 4. The topological polar surface area (TPSA) is 46.3 Å². The molecule has 0 spiro atoms. The third kappa shape index (κ3) is 2.95. The fourth-order valence-electron chi connectivity index (χ4n) is 4.65. The Labute approximate surface area is 156 Å². The Hall–Kier alpha value is -2.13. The standard InChI is InChI=1S/C23H28N2O/c1-17-6-2-5-9-21(17)23(12-13-23)22(26)25-14-10-18(11-15-25)20-8-4-3-7-19(20)16-24/h2-9,18H,10-16,24H2,1H3. The van der Waals surface area contributed by atoms with Crippen LogP contribution in [0, 0.1) is 6.92 Å². The van der Waals surface area contributed by atoms with E-state index in [2.05, 4.69) is 60.4 Å². The van der Waals surface area contributed by atoms with Crippen LogP contribution in [0.2, 0.25) is 0 Å². The van der Waals surface area contributed by atoms with Gasteiger partial charge in [-0.3, -0.25) is 4.79 Å². The number of nitrogens with two attached hydrogens (primary N) is 1. The third-order valence-electron chi connectivity index (χ3n) is 6.32. The van der Waals surface area contributed by atoms with Crippen molar-refractivity contribution in [1.29, 1.82) is 0 Å². The Morgan fingerprint density at radius 3 is 2.38 bits per heavy atom. The van der Waals surface area contributed by atoms with Crippen LogP contribution < -0.4 is 5.73 Å². The summed E-state index contributed by atoms with van der Waals surface area (Å²) in [6, 6.07) is 16.9. The molecule has 3 nitrogen and oxygen atoms in total. The van der Waals surface area contributed by atoms with Gasteiger partial charge in [0.05, 0.1) is 5.41 Å². The van der Waals surface area contributed by atoms with Gasteiger partial charge in [0.25, 0.3) is 0 Å². The molecule has 1 heterocycles. The minimum Gasteiger partial charge on any atom is -0.342 e. The molecule has 2 aliphatic rings. The highest BCUT2D eigenvalue weighted by Gasteiger charge is 2.53. The first-order valence-electron chi connectivity index (χ1n) is 9.79. The van der Waals surface area contributed by atoms with E-state index in [4.69, 9.17) is 5.73 Å². The summed E-state index contributed by atoms with van der Waals surface area (Å²) < 4.78 is 0. The van der Waals surface area contributed by atoms with Crippen molar-refractivity contribution >= 4 is 5.91 Å². The minimum absolute atomic E-state index is 0.243. The average molecular weight is 348 g/mol. The van der Waals surface area contributed by atoms with Crippen molar-refractivity contribution in [2.24, 2.45) is 5.73 Å². The predicted octanol–water partition coefficient (Wildman–Crippen LogP) is 3.89. The largest absolute Gasteiger partial charge is 0.342 e. The van der Waals surface area contributed by atoms with Crippen molar-refractivity contribution in [3.05, 3.63) is 70.8 Å². The molecule has 2 aromatic rings. The van der Waals surface area contributed by atoms with E-state index in [9.17, 15) is 4.79 Å². The zero-order valence-corrected chi connectivity index (χ0v) is 15.6.